The summed E-state index contributed by atoms with van der Waals surface area (Å²) in [6, 6.07) is 7.58. The third kappa shape index (κ3) is 6.30. The van der Waals surface area contributed by atoms with E-state index in [0.717, 1.165) is 44.8 Å². The Morgan fingerprint density at radius 2 is 1.97 bits per heavy atom. The first-order chi connectivity index (χ1) is 13.9. The molecule has 7 nitrogen and oxygen atoms in total. The average Bonchev–Trinajstić information content (AvgIpc) is 3.12. The van der Waals surface area contributed by atoms with Gasteiger partial charge in [-0.25, -0.2) is 0 Å². The van der Waals surface area contributed by atoms with Crippen LogP contribution in [0.3, 0.4) is 0 Å². The fraction of sp³-hybridized carbons (Fsp3) is 0.545. The molecule has 3 rings (SSSR count). The van der Waals surface area contributed by atoms with Crippen LogP contribution < -0.4 is 4.74 Å². The molecule has 2 aromatic rings. The molecule has 1 aromatic carbocycles. The lowest BCUT2D eigenvalue weighted by Gasteiger charge is -2.32. The summed E-state index contributed by atoms with van der Waals surface area (Å²) in [6.45, 7) is 4.49. The van der Waals surface area contributed by atoms with Crippen LogP contribution in [0.15, 0.2) is 36.7 Å². The van der Waals surface area contributed by atoms with E-state index in [2.05, 4.69) is 21.1 Å². The van der Waals surface area contributed by atoms with Gasteiger partial charge in [0.15, 0.2) is 0 Å². The summed E-state index contributed by atoms with van der Waals surface area (Å²) in [5, 5.41) is 4.24. The maximum Gasteiger partial charge on any atom is 0.253 e. The van der Waals surface area contributed by atoms with Gasteiger partial charge in [-0.15, -0.1) is 0 Å². The number of hydrogen-bond acceptors (Lipinski definition) is 5. The molecule has 158 valence electrons. The minimum Gasteiger partial charge on any atom is -0.490 e. The fourth-order valence-electron chi connectivity index (χ4n) is 3.56. The number of carbonyl (C=O) groups is 1. The summed E-state index contributed by atoms with van der Waals surface area (Å²) in [6.07, 6.45) is 6.17. The molecule has 2 heterocycles. The van der Waals surface area contributed by atoms with Gasteiger partial charge < -0.3 is 14.5 Å². The van der Waals surface area contributed by atoms with Gasteiger partial charge in [-0.05, 0) is 45.1 Å². The number of aryl methyl sites for hydroxylation is 1. The third-order valence-electron chi connectivity index (χ3n) is 5.31. The molecule has 0 saturated carbocycles. The van der Waals surface area contributed by atoms with E-state index < -0.39 is 0 Å². The number of hydrogen-bond donors (Lipinski definition) is 0. The van der Waals surface area contributed by atoms with Crippen molar-refractivity contribution in [3.8, 4) is 5.75 Å². The molecular weight excluding hydrogens is 366 g/mol. The first-order valence-electron chi connectivity index (χ1n) is 10.3. The smallest absolute Gasteiger partial charge is 0.253 e. The van der Waals surface area contributed by atoms with Crippen molar-refractivity contribution < 1.29 is 9.53 Å². The number of likely N-dealkylation sites (tertiary alicyclic amines) is 1. The van der Waals surface area contributed by atoms with Gasteiger partial charge in [0.1, 0.15) is 11.9 Å². The highest BCUT2D eigenvalue weighted by molar-refractivity contribution is 5.94. The monoisotopic (exact) mass is 399 g/mol. The topological polar surface area (TPSA) is 53.8 Å². The molecule has 1 amide bonds. The van der Waals surface area contributed by atoms with Gasteiger partial charge in [0, 0.05) is 64.1 Å². The zero-order valence-electron chi connectivity index (χ0n) is 18.0. The zero-order valence-corrected chi connectivity index (χ0v) is 18.0. The molecule has 0 bridgehead atoms. The average molecular weight is 400 g/mol. The van der Waals surface area contributed by atoms with Crippen LogP contribution in [0.1, 0.15) is 28.8 Å². The van der Waals surface area contributed by atoms with E-state index in [9.17, 15) is 4.79 Å². The fourth-order valence-corrected chi connectivity index (χ4v) is 3.56. The van der Waals surface area contributed by atoms with Crippen LogP contribution in [0.2, 0.25) is 0 Å². The van der Waals surface area contributed by atoms with Gasteiger partial charge in [0.25, 0.3) is 5.91 Å². The second-order valence-electron chi connectivity index (χ2n) is 8.17. The number of ether oxygens (including phenoxy) is 1. The molecule has 29 heavy (non-hydrogen) atoms. The van der Waals surface area contributed by atoms with Crippen LogP contribution in [-0.2, 0) is 13.6 Å². The minimum atomic E-state index is 0.0311. The lowest BCUT2D eigenvalue weighted by molar-refractivity contribution is 0.0783. The lowest BCUT2D eigenvalue weighted by Crippen LogP contribution is -2.37. The molecule has 0 radical (unpaired) electrons. The zero-order chi connectivity index (χ0) is 20.8. The highest BCUT2D eigenvalue weighted by Crippen LogP contribution is 2.21. The molecular formula is C22H33N5O2. The normalized spacial score (nSPS) is 15.6. The van der Waals surface area contributed by atoms with Gasteiger partial charge in [-0.2, -0.15) is 5.10 Å². The standard InChI is InChI=1S/C22H33N5O2/c1-24(2)12-13-25(3)22(28)19-6-5-7-21(14-19)29-20-8-10-27(11-9-20)17-18-15-23-26(4)16-18/h5-7,14-16,20H,8-13,17H2,1-4H3. The molecule has 1 saturated heterocycles. The molecule has 7 heteroatoms. The van der Waals surface area contributed by atoms with E-state index in [4.69, 9.17) is 4.74 Å². The third-order valence-corrected chi connectivity index (χ3v) is 5.31. The summed E-state index contributed by atoms with van der Waals surface area (Å²) in [4.78, 5) is 18.9. The Kier molecular flexibility index (Phi) is 7.28. The molecule has 0 N–H and O–H groups in total. The van der Waals surface area contributed by atoms with Gasteiger partial charge in [-0.3, -0.25) is 14.4 Å². The first kappa shape index (κ1) is 21.3. The highest BCUT2D eigenvalue weighted by atomic mass is 16.5. The molecule has 1 aliphatic rings. The van der Waals surface area contributed by atoms with E-state index in [1.54, 1.807) is 4.90 Å². The van der Waals surface area contributed by atoms with E-state index >= 15 is 0 Å². The number of nitrogens with zero attached hydrogens (tertiary/aromatic N) is 5. The van der Waals surface area contributed by atoms with Gasteiger partial charge in [0.2, 0.25) is 0 Å². The summed E-state index contributed by atoms with van der Waals surface area (Å²) in [7, 11) is 7.81. The van der Waals surface area contributed by atoms with Crippen LogP contribution >= 0.6 is 0 Å². The number of amides is 1. The van der Waals surface area contributed by atoms with Crippen molar-refractivity contribution in [3.05, 3.63) is 47.8 Å². The minimum absolute atomic E-state index is 0.0311. The molecule has 1 fully saturated rings. The number of benzene rings is 1. The van der Waals surface area contributed by atoms with Gasteiger partial charge in [0.05, 0.1) is 6.20 Å². The Morgan fingerprint density at radius 1 is 1.21 bits per heavy atom. The van der Waals surface area contributed by atoms with Crippen molar-refractivity contribution in [1.82, 2.24) is 24.5 Å². The second kappa shape index (κ2) is 9.89. The summed E-state index contributed by atoms with van der Waals surface area (Å²) in [5.41, 5.74) is 1.93. The summed E-state index contributed by atoms with van der Waals surface area (Å²) >= 11 is 0. The number of aromatic nitrogens is 2. The second-order valence-corrected chi connectivity index (χ2v) is 8.17. The van der Waals surface area contributed by atoms with Crippen molar-refractivity contribution in [3.63, 3.8) is 0 Å². The van der Waals surface area contributed by atoms with E-state index in [1.165, 1.54) is 5.56 Å². The SMILES string of the molecule is CN(C)CCN(C)C(=O)c1cccc(OC2CCN(Cc3cnn(C)c3)CC2)c1. The Morgan fingerprint density at radius 3 is 2.62 bits per heavy atom. The van der Waals surface area contributed by atoms with Crippen LogP contribution in [-0.4, -0.2) is 83.8 Å². The van der Waals surface area contributed by atoms with Crippen LogP contribution in [0, 0.1) is 0 Å². The first-order valence-corrected chi connectivity index (χ1v) is 10.3. The molecule has 0 aliphatic carbocycles. The van der Waals surface area contributed by atoms with E-state index in [0.29, 0.717) is 12.1 Å². The number of rotatable bonds is 8. The maximum absolute atomic E-state index is 12.7. The number of likely N-dealkylation sites (N-methyl/N-ethyl adjacent to an activating group) is 2. The van der Waals surface area contributed by atoms with E-state index in [-0.39, 0.29) is 12.0 Å². The molecule has 0 atom stereocenters. The summed E-state index contributed by atoms with van der Waals surface area (Å²) < 4.78 is 8.05. The maximum atomic E-state index is 12.7. The number of piperidine rings is 1. The predicted molar refractivity (Wildman–Crippen MR) is 114 cm³/mol. The molecule has 0 spiro atoms. The van der Waals surface area contributed by atoms with Crippen molar-refractivity contribution in [2.24, 2.45) is 7.05 Å². The van der Waals surface area contributed by atoms with E-state index in [1.807, 2.05) is 63.3 Å². The summed E-state index contributed by atoms with van der Waals surface area (Å²) in [5.74, 6) is 0.811. The highest BCUT2D eigenvalue weighted by Gasteiger charge is 2.21. The Hall–Kier alpha value is -2.38. The predicted octanol–water partition coefficient (Wildman–Crippen LogP) is 2.10. The van der Waals surface area contributed by atoms with Crippen molar-refractivity contribution in [2.45, 2.75) is 25.5 Å². The Bertz CT molecular complexity index is 796. The quantitative estimate of drug-likeness (QED) is 0.680. The van der Waals surface area contributed by atoms with Crippen LogP contribution in [0.4, 0.5) is 0 Å². The van der Waals surface area contributed by atoms with Crippen LogP contribution in [0.25, 0.3) is 0 Å². The van der Waals surface area contributed by atoms with Crippen molar-refractivity contribution >= 4 is 5.91 Å². The number of carbonyl (C=O) groups excluding carboxylic acids is 1. The molecule has 1 aliphatic heterocycles. The van der Waals surface area contributed by atoms with Crippen molar-refractivity contribution in [2.75, 3.05) is 47.3 Å². The molecule has 0 unspecified atom stereocenters. The van der Waals surface area contributed by atoms with Gasteiger partial charge >= 0.3 is 0 Å². The largest absolute Gasteiger partial charge is 0.490 e. The van der Waals surface area contributed by atoms with Gasteiger partial charge in [-0.1, -0.05) is 6.07 Å². The lowest BCUT2D eigenvalue weighted by atomic mass is 10.1. The van der Waals surface area contributed by atoms with Crippen molar-refractivity contribution in [1.29, 1.82) is 0 Å². The van der Waals surface area contributed by atoms with Crippen LogP contribution in [0.5, 0.6) is 5.75 Å². The molecule has 1 aromatic heterocycles. The Balaban J connectivity index is 1.49. The Labute approximate surface area is 173 Å².